The Balaban J connectivity index is 1.36. The summed E-state index contributed by atoms with van der Waals surface area (Å²) in [5, 5.41) is 5.89. The van der Waals surface area contributed by atoms with Gasteiger partial charge in [0.15, 0.2) is 0 Å². The van der Waals surface area contributed by atoms with E-state index in [1.807, 2.05) is 18.2 Å². The molecule has 4 N–H and O–H groups in total. The molecule has 7 nitrogen and oxygen atoms in total. The molecule has 5 rings (SSSR count). The predicted molar refractivity (Wildman–Crippen MR) is 129 cm³/mol. The molecule has 4 aromatic rings. The van der Waals surface area contributed by atoms with Gasteiger partial charge in [-0.05, 0) is 43.2 Å². The van der Waals surface area contributed by atoms with Crippen LogP contribution in [0, 0.1) is 11.6 Å². The molecule has 34 heavy (non-hydrogen) atoms. The fourth-order valence-corrected chi connectivity index (χ4v) is 5.30. The number of nitrogens with zero attached hydrogens (tertiary/aromatic N) is 3. The summed E-state index contributed by atoms with van der Waals surface area (Å²) in [5.41, 5.74) is 7.46. The quantitative estimate of drug-likeness (QED) is 0.316. The van der Waals surface area contributed by atoms with Gasteiger partial charge in [-0.15, -0.1) is 0 Å². The molecule has 10 heteroatoms. The van der Waals surface area contributed by atoms with Crippen molar-refractivity contribution in [3.8, 4) is 0 Å². The molecule has 2 aromatic carbocycles. The number of hydrogen-bond acceptors (Lipinski definition) is 5. The van der Waals surface area contributed by atoms with Crippen LogP contribution >= 0.6 is 11.8 Å². The maximum absolute atomic E-state index is 13.8. The summed E-state index contributed by atoms with van der Waals surface area (Å²) in [5.74, 6) is -1.13. The standard InChI is InChI=1S/C24H22F2N6OS/c25-14-8-9-19(18(26)10-14)31-24(33)30-15-4-3-7-17(11-15)34-20-12-32(16-5-1-2-6-16)23-21(20)22(27)28-13-29-23/h3-4,7-13,16H,1-2,5-6H2,(H2,27,28,29)(H2,30,31,33). The van der Waals surface area contributed by atoms with Crippen molar-refractivity contribution in [2.75, 3.05) is 16.4 Å². The van der Waals surface area contributed by atoms with Gasteiger partial charge in [0.25, 0.3) is 0 Å². The van der Waals surface area contributed by atoms with E-state index >= 15 is 0 Å². The van der Waals surface area contributed by atoms with E-state index in [4.69, 9.17) is 5.73 Å². The van der Waals surface area contributed by atoms with Gasteiger partial charge in [-0.3, -0.25) is 0 Å². The van der Waals surface area contributed by atoms with E-state index in [9.17, 15) is 13.6 Å². The zero-order valence-corrected chi connectivity index (χ0v) is 18.9. The topological polar surface area (TPSA) is 97.9 Å². The number of nitrogens with two attached hydrogens (primary N) is 1. The number of halogens is 2. The number of carbonyl (C=O) groups is 1. The normalized spacial score (nSPS) is 13.9. The number of benzene rings is 2. The van der Waals surface area contributed by atoms with Crippen LogP contribution in [0.2, 0.25) is 0 Å². The Bertz CT molecular complexity index is 1370. The molecule has 174 valence electrons. The van der Waals surface area contributed by atoms with E-state index in [2.05, 4.69) is 31.4 Å². The third-order valence-corrected chi connectivity index (χ3v) is 6.84. The number of fused-ring (bicyclic) bond motifs is 1. The molecule has 0 bridgehead atoms. The van der Waals surface area contributed by atoms with Crippen molar-refractivity contribution in [3.05, 3.63) is 66.6 Å². The second kappa shape index (κ2) is 9.30. The molecule has 2 amide bonds. The van der Waals surface area contributed by atoms with Crippen LogP contribution in [0.25, 0.3) is 11.0 Å². The van der Waals surface area contributed by atoms with Crippen molar-refractivity contribution >= 4 is 46.0 Å². The van der Waals surface area contributed by atoms with Crippen LogP contribution < -0.4 is 16.4 Å². The lowest BCUT2D eigenvalue weighted by Crippen LogP contribution is -2.20. The SMILES string of the molecule is Nc1ncnc2c1c(Sc1cccc(NC(=O)Nc3ccc(F)cc3F)c1)cn2C1CCCC1. The van der Waals surface area contributed by atoms with Gasteiger partial charge >= 0.3 is 6.03 Å². The fourth-order valence-electron chi connectivity index (χ4n) is 4.25. The molecular formula is C24H22F2N6OS. The summed E-state index contributed by atoms with van der Waals surface area (Å²) in [6.45, 7) is 0. The van der Waals surface area contributed by atoms with Gasteiger partial charge < -0.3 is 20.9 Å². The summed E-state index contributed by atoms with van der Waals surface area (Å²) >= 11 is 1.51. The van der Waals surface area contributed by atoms with Crippen molar-refractivity contribution in [2.24, 2.45) is 0 Å². The minimum atomic E-state index is -0.849. The highest BCUT2D eigenvalue weighted by atomic mass is 32.2. The molecule has 1 saturated carbocycles. The first-order valence-corrected chi connectivity index (χ1v) is 11.7. The Labute approximate surface area is 198 Å². The zero-order chi connectivity index (χ0) is 23.7. The molecule has 2 heterocycles. The fraction of sp³-hybridized carbons (Fsp3) is 0.208. The molecule has 1 aliphatic rings. The highest BCUT2D eigenvalue weighted by Crippen LogP contribution is 2.41. The molecular weight excluding hydrogens is 458 g/mol. The average Bonchev–Trinajstić information content (AvgIpc) is 3.45. The molecule has 0 atom stereocenters. The maximum Gasteiger partial charge on any atom is 0.323 e. The number of amides is 2. The molecule has 0 aliphatic heterocycles. The van der Waals surface area contributed by atoms with Gasteiger partial charge in [-0.1, -0.05) is 30.7 Å². The van der Waals surface area contributed by atoms with Gasteiger partial charge in [-0.25, -0.2) is 23.5 Å². The van der Waals surface area contributed by atoms with E-state index in [0.717, 1.165) is 39.7 Å². The minimum Gasteiger partial charge on any atom is -0.383 e. The molecule has 0 radical (unpaired) electrons. The van der Waals surface area contributed by atoms with Gasteiger partial charge in [0.2, 0.25) is 0 Å². The molecule has 0 unspecified atom stereocenters. The minimum absolute atomic E-state index is 0.111. The Kier molecular flexibility index (Phi) is 6.06. The third-order valence-electron chi connectivity index (χ3n) is 5.82. The number of nitrogen functional groups attached to an aromatic ring is 1. The predicted octanol–water partition coefficient (Wildman–Crippen LogP) is 6.20. The highest BCUT2D eigenvalue weighted by Gasteiger charge is 2.22. The van der Waals surface area contributed by atoms with Crippen LogP contribution in [0.5, 0.6) is 0 Å². The van der Waals surface area contributed by atoms with Gasteiger partial charge in [0.05, 0.1) is 11.1 Å². The first kappa shape index (κ1) is 22.1. The Hall–Kier alpha value is -3.66. The largest absolute Gasteiger partial charge is 0.383 e. The summed E-state index contributed by atoms with van der Waals surface area (Å²) in [4.78, 5) is 22.8. The van der Waals surface area contributed by atoms with Gasteiger partial charge in [-0.2, -0.15) is 0 Å². The second-order valence-electron chi connectivity index (χ2n) is 8.13. The number of urea groups is 1. The van der Waals surface area contributed by atoms with E-state index in [-0.39, 0.29) is 5.69 Å². The number of hydrogen-bond donors (Lipinski definition) is 3. The first-order chi connectivity index (χ1) is 16.5. The Morgan fingerprint density at radius 2 is 1.91 bits per heavy atom. The number of nitrogens with one attached hydrogen (secondary N) is 2. The van der Waals surface area contributed by atoms with Crippen LogP contribution in [0.1, 0.15) is 31.7 Å². The lowest BCUT2D eigenvalue weighted by atomic mass is 10.2. The molecule has 1 aliphatic carbocycles. The summed E-state index contributed by atoms with van der Waals surface area (Å²) < 4.78 is 29.1. The lowest BCUT2D eigenvalue weighted by molar-refractivity contribution is 0.262. The second-order valence-corrected chi connectivity index (χ2v) is 9.24. The van der Waals surface area contributed by atoms with Crippen LogP contribution in [0.15, 0.2) is 64.8 Å². The maximum atomic E-state index is 13.8. The Morgan fingerprint density at radius 3 is 2.71 bits per heavy atom. The lowest BCUT2D eigenvalue weighted by Gasteiger charge is -2.12. The van der Waals surface area contributed by atoms with E-state index < -0.39 is 17.7 Å². The molecule has 2 aromatic heterocycles. The van der Waals surface area contributed by atoms with E-state index in [1.165, 1.54) is 37.0 Å². The van der Waals surface area contributed by atoms with Crippen LogP contribution in [0.4, 0.5) is 30.8 Å². The van der Waals surface area contributed by atoms with Crippen molar-refractivity contribution in [1.82, 2.24) is 14.5 Å². The van der Waals surface area contributed by atoms with Crippen LogP contribution in [-0.2, 0) is 0 Å². The summed E-state index contributed by atoms with van der Waals surface area (Å²) in [6, 6.07) is 9.99. The number of rotatable bonds is 5. The van der Waals surface area contributed by atoms with Gasteiger partial charge in [0, 0.05) is 33.8 Å². The van der Waals surface area contributed by atoms with Gasteiger partial charge in [0.1, 0.15) is 29.4 Å². The first-order valence-electron chi connectivity index (χ1n) is 10.9. The molecule has 0 saturated heterocycles. The highest BCUT2D eigenvalue weighted by molar-refractivity contribution is 7.99. The number of carbonyl (C=O) groups excluding carboxylic acids is 1. The number of anilines is 3. The number of aromatic nitrogens is 3. The molecule has 1 fully saturated rings. The van der Waals surface area contributed by atoms with Crippen LogP contribution in [-0.4, -0.2) is 20.6 Å². The molecule has 0 spiro atoms. The van der Waals surface area contributed by atoms with Crippen molar-refractivity contribution in [2.45, 2.75) is 41.5 Å². The smallest absolute Gasteiger partial charge is 0.323 e. The summed E-state index contributed by atoms with van der Waals surface area (Å²) in [7, 11) is 0. The zero-order valence-electron chi connectivity index (χ0n) is 18.1. The van der Waals surface area contributed by atoms with Crippen molar-refractivity contribution in [1.29, 1.82) is 0 Å². The van der Waals surface area contributed by atoms with Crippen molar-refractivity contribution in [3.63, 3.8) is 0 Å². The van der Waals surface area contributed by atoms with Crippen LogP contribution in [0.3, 0.4) is 0 Å². The Morgan fingerprint density at radius 1 is 1.09 bits per heavy atom. The summed E-state index contributed by atoms with van der Waals surface area (Å²) in [6.07, 6.45) is 8.20. The monoisotopic (exact) mass is 480 g/mol. The van der Waals surface area contributed by atoms with Crippen molar-refractivity contribution < 1.29 is 13.6 Å². The average molecular weight is 481 g/mol. The van der Waals surface area contributed by atoms with E-state index in [0.29, 0.717) is 23.6 Å². The van der Waals surface area contributed by atoms with E-state index in [1.54, 1.807) is 6.07 Å². The third kappa shape index (κ3) is 4.54.